The Labute approximate surface area is 114 Å². The van der Waals surface area contributed by atoms with Crippen LogP contribution in [0.25, 0.3) is 0 Å². The van der Waals surface area contributed by atoms with Gasteiger partial charge in [0.2, 0.25) is 5.89 Å². The van der Waals surface area contributed by atoms with E-state index < -0.39 is 0 Å². The van der Waals surface area contributed by atoms with Gasteiger partial charge in [0, 0.05) is 19.6 Å². The van der Waals surface area contributed by atoms with E-state index in [1.54, 1.807) is 0 Å². The highest BCUT2D eigenvalue weighted by Crippen LogP contribution is 2.23. The molecule has 19 heavy (non-hydrogen) atoms. The third-order valence-electron chi connectivity index (χ3n) is 3.79. The normalized spacial score (nSPS) is 23.7. The minimum atomic E-state index is -0.132. The van der Waals surface area contributed by atoms with E-state index in [2.05, 4.69) is 41.0 Å². The van der Waals surface area contributed by atoms with Crippen LogP contribution in [0, 0.1) is 0 Å². The van der Waals surface area contributed by atoms with Gasteiger partial charge in [0.25, 0.3) is 0 Å². The van der Waals surface area contributed by atoms with Gasteiger partial charge in [0.1, 0.15) is 0 Å². The van der Waals surface area contributed by atoms with E-state index in [1.807, 2.05) is 0 Å². The predicted octanol–water partition coefficient (Wildman–Crippen LogP) is 1.18. The van der Waals surface area contributed by atoms with Gasteiger partial charge in [0.15, 0.2) is 5.82 Å². The Morgan fingerprint density at radius 2 is 2.21 bits per heavy atom. The minimum Gasteiger partial charge on any atom is -0.338 e. The molecule has 108 valence electrons. The summed E-state index contributed by atoms with van der Waals surface area (Å²) in [7, 11) is 4.22. The number of hydrogen-bond acceptors (Lipinski definition) is 6. The summed E-state index contributed by atoms with van der Waals surface area (Å²) in [6, 6.07) is 0.0717. The van der Waals surface area contributed by atoms with Gasteiger partial charge >= 0.3 is 0 Å². The van der Waals surface area contributed by atoms with Crippen molar-refractivity contribution in [3.63, 3.8) is 0 Å². The monoisotopic (exact) mass is 267 g/mol. The quantitative estimate of drug-likeness (QED) is 0.863. The lowest BCUT2D eigenvalue weighted by Crippen LogP contribution is -2.45. The van der Waals surface area contributed by atoms with E-state index in [1.165, 1.54) is 0 Å². The van der Waals surface area contributed by atoms with Crippen molar-refractivity contribution in [3.8, 4) is 0 Å². The second kappa shape index (κ2) is 6.45. The van der Waals surface area contributed by atoms with Crippen molar-refractivity contribution in [2.45, 2.75) is 38.3 Å². The first-order valence-electron chi connectivity index (χ1n) is 7.09. The largest absolute Gasteiger partial charge is 0.338 e. The van der Waals surface area contributed by atoms with Gasteiger partial charge in [-0.1, -0.05) is 24.9 Å². The molecule has 1 saturated heterocycles. The maximum absolute atomic E-state index is 6.07. The highest BCUT2D eigenvalue weighted by Gasteiger charge is 2.28. The Morgan fingerprint density at radius 3 is 2.95 bits per heavy atom. The molecule has 0 aliphatic carbocycles. The summed E-state index contributed by atoms with van der Waals surface area (Å²) in [5, 5.41) is 4.12. The van der Waals surface area contributed by atoms with Crippen LogP contribution in [0.1, 0.15) is 50.0 Å². The Bertz CT molecular complexity index is 394. The molecule has 0 bridgehead atoms. The Balaban J connectivity index is 2.03. The molecule has 0 saturated carbocycles. The molecule has 6 heteroatoms. The number of nitrogens with zero attached hydrogens (tertiary/aromatic N) is 4. The summed E-state index contributed by atoms with van der Waals surface area (Å²) in [4.78, 5) is 9.06. The number of piperazine rings is 1. The fraction of sp³-hybridized carbons (Fsp3) is 0.846. The minimum absolute atomic E-state index is 0.132. The second-order valence-electron chi connectivity index (χ2n) is 5.50. The van der Waals surface area contributed by atoms with Crippen LogP contribution in [-0.2, 0) is 0 Å². The summed E-state index contributed by atoms with van der Waals surface area (Å²) >= 11 is 0. The Morgan fingerprint density at radius 1 is 1.42 bits per heavy atom. The van der Waals surface area contributed by atoms with E-state index in [0.29, 0.717) is 5.89 Å². The lowest BCUT2D eigenvalue weighted by atomic mass is 10.1. The molecule has 2 N–H and O–H groups in total. The number of hydrogen-bond donors (Lipinski definition) is 1. The molecular formula is C13H25N5O. The van der Waals surface area contributed by atoms with E-state index in [-0.39, 0.29) is 12.1 Å². The lowest BCUT2D eigenvalue weighted by molar-refractivity contribution is 0.108. The number of aromatic nitrogens is 2. The molecule has 0 radical (unpaired) electrons. The molecule has 0 aromatic carbocycles. The van der Waals surface area contributed by atoms with Crippen LogP contribution in [0.4, 0.5) is 0 Å². The molecule has 2 heterocycles. The van der Waals surface area contributed by atoms with Crippen molar-refractivity contribution in [2.75, 3.05) is 33.7 Å². The third kappa shape index (κ3) is 3.52. The first-order chi connectivity index (χ1) is 9.11. The van der Waals surface area contributed by atoms with Crippen molar-refractivity contribution in [3.05, 3.63) is 11.7 Å². The maximum Gasteiger partial charge on any atom is 0.243 e. The smallest absolute Gasteiger partial charge is 0.243 e. The van der Waals surface area contributed by atoms with Gasteiger partial charge in [-0.15, -0.1) is 0 Å². The molecular weight excluding hydrogens is 242 g/mol. The molecule has 2 atom stereocenters. The summed E-state index contributed by atoms with van der Waals surface area (Å²) in [5.74, 6) is 1.33. The zero-order valence-corrected chi connectivity index (χ0v) is 12.2. The molecule has 1 aliphatic heterocycles. The number of unbranched alkanes of at least 4 members (excludes halogenated alkanes) is 1. The molecule has 1 unspecified atom stereocenters. The van der Waals surface area contributed by atoms with E-state index in [0.717, 1.165) is 44.7 Å². The van der Waals surface area contributed by atoms with Gasteiger partial charge < -0.3 is 15.2 Å². The highest BCUT2D eigenvalue weighted by molar-refractivity contribution is 5.00. The summed E-state index contributed by atoms with van der Waals surface area (Å²) in [5.41, 5.74) is 6.07. The number of nitrogens with two attached hydrogens (primary N) is 1. The van der Waals surface area contributed by atoms with Crippen LogP contribution >= 0.6 is 0 Å². The first-order valence-corrected chi connectivity index (χ1v) is 7.09. The van der Waals surface area contributed by atoms with Crippen LogP contribution in [-0.4, -0.2) is 53.7 Å². The van der Waals surface area contributed by atoms with Gasteiger partial charge in [-0.25, -0.2) is 0 Å². The fourth-order valence-corrected chi connectivity index (χ4v) is 2.37. The molecule has 6 nitrogen and oxygen atoms in total. The standard InChI is InChI=1S/C13H25N5O/c1-4-5-6-10(14)13-15-12(16-19-13)11-9-17(2)7-8-18(11)3/h10-11H,4-9,14H2,1-3H3/t10-,11?/m0/s1. The fourth-order valence-electron chi connectivity index (χ4n) is 2.37. The predicted molar refractivity (Wildman–Crippen MR) is 73.6 cm³/mol. The van der Waals surface area contributed by atoms with Crippen LogP contribution in [0.2, 0.25) is 0 Å². The van der Waals surface area contributed by atoms with Crippen LogP contribution in [0.5, 0.6) is 0 Å². The Hall–Kier alpha value is -0.980. The molecule has 0 spiro atoms. The Kier molecular flexibility index (Phi) is 4.90. The zero-order valence-electron chi connectivity index (χ0n) is 12.2. The summed E-state index contributed by atoms with van der Waals surface area (Å²) < 4.78 is 5.33. The van der Waals surface area contributed by atoms with Crippen molar-refractivity contribution in [1.82, 2.24) is 19.9 Å². The SMILES string of the molecule is CCCC[C@H](N)c1nc(C2CN(C)CCN2C)no1. The highest BCUT2D eigenvalue weighted by atomic mass is 16.5. The average molecular weight is 267 g/mol. The van der Waals surface area contributed by atoms with E-state index in [4.69, 9.17) is 10.3 Å². The van der Waals surface area contributed by atoms with Gasteiger partial charge in [-0.3, -0.25) is 4.90 Å². The van der Waals surface area contributed by atoms with Gasteiger partial charge in [-0.05, 0) is 20.5 Å². The first kappa shape index (κ1) is 14.4. The maximum atomic E-state index is 6.07. The van der Waals surface area contributed by atoms with E-state index >= 15 is 0 Å². The van der Waals surface area contributed by atoms with Crippen LogP contribution in [0.3, 0.4) is 0 Å². The lowest BCUT2D eigenvalue weighted by Gasteiger charge is -2.35. The van der Waals surface area contributed by atoms with Crippen LogP contribution in [0.15, 0.2) is 4.52 Å². The van der Waals surface area contributed by atoms with Gasteiger partial charge in [-0.2, -0.15) is 4.98 Å². The molecule has 1 aromatic rings. The third-order valence-corrected chi connectivity index (χ3v) is 3.79. The number of rotatable bonds is 5. The summed E-state index contributed by atoms with van der Waals surface area (Å²) in [6.45, 7) is 5.18. The van der Waals surface area contributed by atoms with Gasteiger partial charge in [0.05, 0.1) is 12.1 Å². The summed E-state index contributed by atoms with van der Waals surface area (Å²) in [6.07, 6.45) is 3.12. The molecule has 1 aliphatic rings. The van der Waals surface area contributed by atoms with E-state index in [9.17, 15) is 0 Å². The number of likely N-dealkylation sites (N-methyl/N-ethyl adjacent to an activating group) is 2. The average Bonchev–Trinajstić information content (AvgIpc) is 2.88. The molecule has 2 rings (SSSR count). The topological polar surface area (TPSA) is 71.4 Å². The molecule has 1 aromatic heterocycles. The molecule has 1 fully saturated rings. The van der Waals surface area contributed by atoms with Crippen LogP contribution < -0.4 is 5.73 Å². The van der Waals surface area contributed by atoms with Crippen molar-refractivity contribution in [1.29, 1.82) is 0 Å². The zero-order chi connectivity index (χ0) is 13.8. The van der Waals surface area contributed by atoms with Crippen molar-refractivity contribution >= 4 is 0 Å². The molecule has 0 amide bonds. The second-order valence-corrected chi connectivity index (χ2v) is 5.50. The van der Waals surface area contributed by atoms with Crippen molar-refractivity contribution in [2.24, 2.45) is 5.73 Å². The van der Waals surface area contributed by atoms with Crippen molar-refractivity contribution < 1.29 is 4.52 Å².